The largest absolute Gasteiger partial charge is 0.350 e. The number of carbonyl (C=O) groups excluding carboxylic acids is 1. The van der Waals surface area contributed by atoms with E-state index >= 15 is 0 Å². The number of fused-ring (bicyclic) bond motifs is 1. The van der Waals surface area contributed by atoms with E-state index in [0.717, 1.165) is 16.8 Å². The highest BCUT2D eigenvalue weighted by atomic mass is 16.6. The van der Waals surface area contributed by atoms with Crippen LogP contribution in [0.3, 0.4) is 0 Å². The molecule has 0 aliphatic heterocycles. The first-order valence-corrected chi connectivity index (χ1v) is 6.31. The molecule has 3 aromatic rings. The van der Waals surface area contributed by atoms with Crippen LogP contribution in [0.25, 0.3) is 10.9 Å². The molecule has 0 spiro atoms. The maximum atomic E-state index is 12.4. The van der Waals surface area contributed by atoms with Crippen molar-refractivity contribution in [1.82, 2.24) is 14.8 Å². The summed E-state index contributed by atoms with van der Waals surface area (Å²) in [6, 6.07) is 7.91. The number of aryl methyl sites for hydroxylation is 2. The van der Waals surface area contributed by atoms with Gasteiger partial charge in [-0.25, -0.2) is 0 Å². The number of benzene rings is 1. The number of H-pyrrole nitrogens is 1. The molecule has 0 bridgehead atoms. The number of aromatic nitrogens is 3. The fourth-order valence-corrected chi connectivity index (χ4v) is 2.29. The Kier molecular flexibility index (Phi) is 2.83. The fourth-order valence-electron chi connectivity index (χ4n) is 2.29. The van der Waals surface area contributed by atoms with Gasteiger partial charge in [-0.2, -0.15) is 9.78 Å². The number of nitro groups is 1. The molecule has 21 heavy (non-hydrogen) atoms. The molecule has 2 aromatic heterocycles. The molecule has 0 saturated heterocycles. The summed E-state index contributed by atoms with van der Waals surface area (Å²) in [4.78, 5) is 25.6. The van der Waals surface area contributed by atoms with Gasteiger partial charge in [0.25, 0.3) is 11.6 Å². The van der Waals surface area contributed by atoms with Crippen LogP contribution in [0.2, 0.25) is 0 Å². The smallest absolute Gasteiger partial charge is 0.294 e. The topological polar surface area (TPSA) is 93.8 Å². The van der Waals surface area contributed by atoms with E-state index in [1.54, 1.807) is 19.1 Å². The highest BCUT2D eigenvalue weighted by Crippen LogP contribution is 2.22. The van der Waals surface area contributed by atoms with Gasteiger partial charge in [0, 0.05) is 23.2 Å². The zero-order chi connectivity index (χ0) is 15.1. The monoisotopic (exact) mass is 284 g/mol. The minimum Gasteiger partial charge on any atom is -0.350 e. The molecule has 1 N–H and O–H groups in total. The molecule has 7 heteroatoms. The van der Waals surface area contributed by atoms with E-state index in [-0.39, 0.29) is 11.6 Å². The predicted octanol–water partition coefficient (Wildman–Crippen LogP) is 2.58. The van der Waals surface area contributed by atoms with Gasteiger partial charge in [-0.1, -0.05) is 0 Å². The minimum absolute atomic E-state index is 0.0190. The first-order valence-electron chi connectivity index (χ1n) is 6.31. The van der Waals surface area contributed by atoms with Crippen LogP contribution in [-0.2, 0) is 0 Å². The quantitative estimate of drug-likeness (QED) is 0.578. The van der Waals surface area contributed by atoms with Crippen LogP contribution in [0.15, 0.2) is 30.3 Å². The molecular formula is C14H12N4O3. The van der Waals surface area contributed by atoms with Crippen molar-refractivity contribution in [1.29, 1.82) is 0 Å². The standard InChI is InChI=1S/C14H12N4O3/c1-8-5-9(2)17(16-8)14(19)13-6-10-3-4-11(18(20)21)7-12(10)15-13/h3-7,15H,1-2H3. The van der Waals surface area contributed by atoms with Crippen LogP contribution in [0.5, 0.6) is 0 Å². The van der Waals surface area contributed by atoms with Gasteiger partial charge in [0.2, 0.25) is 0 Å². The van der Waals surface area contributed by atoms with Crippen LogP contribution >= 0.6 is 0 Å². The van der Waals surface area contributed by atoms with Gasteiger partial charge in [-0.3, -0.25) is 14.9 Å². The molecule has 0 amide bonds. The van der Waals surface area contributed by atoms with E-state index in [9.17, 15) is 14.9 Å². The molecule has 0 radical (unpaired) electrons. The molecule has 2 heterocycles. The summed E-state index contributed by atoms with van der Waals surface area (Å²) in [5, 5.41) is 15.6. The molecule has 106 valence electrons. The summed E-state index contributed by atoms with van der Waals surface area (Å²) >= 11 is 0. The number of hydrogen-bond acceptors (Lipinski definition) is 4. The predicted molar refractivity (Wildman–Crippen MR) is 76.4 cm³/mol. The van der Waals surface area contributed by atoms with Crippen molar-refractivity contribution in [3.8, 4) is 0 Å². The number of nitrogens with one attached hydrogen (secondary N) is 1. The average Bonchev–Trinajstić information content (AvgIpc) is 2.99. The van der Waals surface area contributed by atoms with Crippen molar-refractivity contribution in [2.24, 2.45) is 0 Å². The van der Waals surface area contributed by atoms with E-state index in [4.69, 9.17) is 0 Å². The zero-order valence-corrected chi connectivity index (χ0v) is 11.5. The van der Waals surface area contributed by atoms with Gasteiger partial charge < -0.3 is 4.98 Å². The van der Waals surface area contributed by atoms with Crippen LogP contribution in [0.1, 0.15) is 21.9 Å². The number of aromatic amines is 1. The molecular weight excluding hydrogens is 272 g/mol. The van der Waals surface area contributed by atoms with E-state index in [1.165, 1.54) is 16.8 Å². The highest BCUT2D eigenvalue weighted by molar-refractivity contribution is 5.99. The molecule has 7 nitrogen and oxygen atoms in total. The molecule has 0 saturated carbocycles. The Hall–Kier alpha value is -2.96. The number of carbonyl (C=O) groups is 1. The van der Waals surface area contributed by atoms with Gasteiger partial charge in [-0.05, 0) is 32.0 Å². The number of non-ortho nitro benzene ring substituents is 1. The number of rotatable bonds is 2. The number of nitro benzene ring substituents is 1. The summed E-state index contributed by atoms with van der Waals surface area (Å²) in [7, 11) is 0. The summed E-state index contributed by atoms with van der Waals surface area (Å²) in [6.45, 7) is 3.61. The molecule has 0 aliphatic rings. The maximum absolute atomic E-state index is 12.4. The minimum atomic E-state index is -0.469. The van der Waals surface area contributed by atoms with Gasteiger partial charge in [0.1, 0.15) is 5.69 Å². The Balaban J connectivity index is 2.06. The van der Waals surface area contributed by atoms with Crippen molar-refractivity contribution in [3.63, 3.8) is 0 Å². The molecule has 1 aromatic carbocycles. The fraction of sp³-hybridized carbons (Fsp3) is 0.143. The normalized spacial score (nSPS) is 11.0. The molecule has 0 unspecified atom stereocenters. The Bertz CT molecular complexity index is 876. The lowest BCUT2D eigenvalue weighted by Gasteiger charge is -1.99. The number of hydrogen-bond donors (Lipinski definition) is 1. The third-order valence-corrected chi connectivity index (χ3v) is 3.25. The van der Waals surface area contributed by atoms with Crippen LogP contribution in [0, 0.1) is 24.0 Å². The van der Waals surface area contributed by atoms with Gasteiger partial charge in [0.15, 0.2) is 0 Å². The highest BCUT2D eigenvalue weighted by Gasteiger charge is 2.16. The van der Waals surface area contributed by atoms with Crippen molar-refractivity contribution in [3.05, 3.63) is 57.5 Å². The lowest BCUT2D eigenvalue weighted by Crippen LogP contribution is -2.15. The van der Waals surface area contributed by atoms with E-state index in [2.05, 4.69) is 10.1 Å². The second-order valence-electron chi connectivity index (χ2n) is 4.86. The van der Waals surface area contributed by atoms with Gasteiger partial charge in [0.05, 0.1) is 16.1 Å². The molecule has 0 fully saturated rings. The number of nitrogens with zero attached hydrogens (tertiary/aromatic N) is 3. The average molecular weight is 284 g/mol. The lowest BCUT2D eigenvalue weighted by atomic mass is 10.2. The first-order chi connectivity index (χ1) is 9.95. The zero-order valence-electron chi connectivity index (χ0n) is 11.5. The summed E-state index contributed by atoms with van der Waals surface area (Å²) < 4.78 is 1.31. The molecule has 0 atom stereocenters. The van der Waals surface area contributed by atoms with E-state index in [0.29, 0.717) is 11.2 Å². The third-order valence-electron chi connectivity index (χ3n) is 3.25. The third kappa shape index (κ3) is 2.18. The van der Waals surface area contributed by atoms with Crippen molar-refractivity contribution < 1.29 is 9.72 Å². The second-order valence-corrected chi connectivity index (χ2v) is 4.86. The van der Waals surface area contributed by atoms with Crippen LogP contribution in [0.4, 0.5) is 5.69 Å². The van der Waals surface area contributed by atoms with Crippen LogP contribution < -0.4 is 0 Å². The van der Waals surface area contributed by atoms with Crippen molar-refractivity contribution >= 4 is 22.5 Å². The molecule has 3 rings (SSSR count). The summed E-state index contributed by atoms with van der Waals surface area (Å²) in [6.07, 6.45) is 0. The Morgan fingerprint density at radius 1 is 1.29 bits per heavy atom. The Morgan fingerprint density at radius 2 is 2.05 bits per heavy atom. The van der Waals surface area contributed by atoms with Gasteiger partial charge in [-0.15, -0.1) is 0 Å². The van der Waals surface area contributed by atoms with E-state index < -0.39 is 4.92 Å². The SMILES string of the molecule is Cc1cc(C)n(C(=O)c2cc3ccc([N+](=O)[O-])cc3[nH]2)n1. The van der Waals surface area contributed by atoms with Crippen LogP contribution in [-0.4, -0.2) is 25.6 Å². The Morgan fingerprint density at radius 3 is 2.67 bits per heavy atom. The van der Waals surface area contributed by atoms with Gasteiger partial charge >= 0.3 is 0 Å². The second kappa shape index (κ2) is 4.55. The summed E-state index contributed by atoms with van der Waals surface area (Å²) in [5.74, 6) is -0.292. The molecule has 0 aliphatic carbocycles. The van der Waals surface area contributed by atoms with Crippen molar-refractivity contribution in [2.75, 3.05) is 0 Å². The maximum Gasteiger partial charge on any atom is 0.294 e. The summed E-state index contributed by atoms with van der Waals surface area (Å²) in [5.41, 5.74) is 2.37. The lowest BCUT2D eigenvalue weighted by molar-refractivity contribution is -0.384. The van der Waals surface area contributed by atoms with E-state index in [1.807, 2.05) is 13.0 Å². The Labute approximate surface area is 119 Å². The van der Waals surface area contributed by atoms with Crippen molar-refractivity contribution in [2.45, 2.75) is 13.8 Å². The first kappa shape index (κ1) is 13.0.